The van der Waals surface area contributed by atoms with Crippen LogP contribution in [0.5, 0.6) is 5.75 Å². The molecule has 0 spiro atoms. The number of aromatic hydroxyl groups is 1. The molecule has 4 heteroatoms. The number of aryl methyl sites for hydroxylation is 1. The van der Waals surface area contributed by atoms with Gasteiger partial charge in [-0.05, 0) is 44.0 Å². The monoisotopic (exact) mass is 273 g/mol. The lowest BCUT2D eigenvalue weighted by Crippen LogP contribution is -2.25. The first-order valence-electron chi connectivity index (χ1n) is 7.09. The molecule has 1 aromatic heterocycles. The van der Waals surface area contributed by atoms with Gasteiger partial charge in [-0.15, -0.1) is 0 Å². The molecule has 1 aliphatic carbocycles. The van der Waals surface area contributed by atoms with Gasteiger partial charge in [0, 0.05) is 29.6 Å². The summed E-state index contributed by atoms with van der Waals surface area (Å²) in [5.74, 6) is 0.160. The quantitative estimate of drug-likeness (QED) is 0.870. The van der Waals surface area contributed by atoms with Gasteiger partial charge in [0.25, 0.3) is 0 Å². The summed E-state index contributed by atoms with van der Waals surface area (Å²) >= 11 is 0. The average Bonchev–Trinajstić information content (AvgIpc) is 3.25. The van der Waals surface area contributed by atoms with E-state index in [2.05, 4.69) is 11.8 Å². The summed E-state index contributed by atoms with van der Waals surface area (Å²) in [4.78, 5) is 14.1. The van der Waals surface area contributed by atoms with Crippen LogP contribution in [0.2, 0.25) is 0 Å². The molecule has 0 amide bonds. The third kappa shape index (κ3) is 2.31. The highest BCUT2D eigenvalue weighted by molar-refractivity contribution is 5.84. The minimum Gasteiger partial charge on any atom is -0.508 e. The molecule has 1 fully saturated rings. The maximum atomic E-state index is 11.8. The second-order valence-corrected chi connectivity index (χ2v) is 5.47. The molecule has 1 heterocycles. The Kier molecular flexibility index (Phi) is 3.26. The van der Waals surface area contributed by atoms with Crippen LogP contribution >= 0.6 is 0 Å². The smallest absolute Gasteiger partial charge is 0.336 e. The zero-order valence-electron chi connectivity index (χ0n) is 11.8. The first-order valence-corrected chi connectivity index (χ1v) is 7.09. The molecule has 1 aromatic carbocycles. The lowest BCUT2D eigenvalue weighted by atomic mass is 10.1. The van der Waals surface area contributed by atoms with Crippen LogP contribution < -0.4 is 5.63 Å². The first kappa shape index (κ1) is 13.2. The van der Waals surface area contributed by atoms with Crippen LogP contribution in [0.15, 0.2) is 27.4 Å². The van der Waals surface area contributed by atoms with Gasteiger partial charge in [0.05, 0.1) is 0 Å². The number of phenols is 1. The molecular formula is C16H19NO3. The van der Waals surface area contributed by atoms with Crippen LogP contribution in [0.1, 0.15) is 30.9 Å². The van der Waals surface area contributed by atoms with Crippen molar-refractivity contribution in [3.05, 3.63) is 39.7 Å². The van der Waals surface area contributed by atoms with Crippen LogP contribution in [-0.2, 0) is 6.54 Å². The molecule has 20 heavy (non-hydrogen) atoms. The number of phenolic OH excluding ortho intramolecular Hbond substituents is 1. The minimum absolute atomic E-state index is 0.160. The fraction of sp³-hybridized carbons (Fsp3) is 0.438. The highest BCUT2D eigenvalue weighted by Crippen LogP contribution is 2.31. The molecule has 0 radical (unpaired) electrons. The maximum absolute atomic E-state index is 11.8. The molecular weight excluding hydrogens is 254 g/mol. The van der Waals surface area contributed by atoms with E-state index in [0.717, 1.165) is 24.0 Å². The van der Waals surface area contributed by atoms with Crippen LogP contribution in [-0.4, -0.2) is 22.6 Å². The van der Waals surface area contributed by atoms with Crippen LogP contribution in [0, 0.1) is 6.92 Å². The Balaban J connectivity index is 2.10. The van der Waals surface area contributed by atoms with Gasteiger partial charge in [0.15, 0.2) is 0 Å². The van der Waals surface area contributed by atoms with Crippen molar-refractivity contribution in [1.29, 1.82) is 0 Å². The van der Waals surface area contributed by atoms with Crippen LogP contribution in [0.3, 0.4) is 0 Å². The number of hydrogen-bond donors (Lipinski definition) is 1. The molecule has 2 aromatic rings. The van der Waals surface area contributed by atoms with Crippen molar-refractivity contribution >= 4 is 11.0 Å². The standard InChI is InChI=1S/C16H19NO3/c1-3-17(12-4-5-12)9-11-8-15(19)20-16-10(2)14(18)7-6-13(11)16/h6-8,12,18H,3-5,9H2,1-2H3. The van der Waals surface area contributed by atoms with Crippen molar-refractivity contribution in [3.63, 3.8) is 0 Å². The highest BCUT2D eigenvalue weighted by Gasteiger charge is 2.28. The molecule has 1 saturated carbocycles. The summed E-state index contributed by atoms with van der Waals surface area (Å²) in [5, 5.41) is 10.7. The van der Waals surface area contributed by atoms with Gasteiger partial charge in [-0.1, -0.05) is 6.92 Å². The number of nitrogens with zero attached hydrogens (tertiary/aromatic N) is 1. The molecule has 0 saturated heterocycles. The number of fused-ring (bicyclic) bond motifs is 1. The predicted octanol–water partition coefficient (Wildman–Crippen LogP) is 2.79. The lowest BCUT2D eigenvalue weighted by molar-refractivity contribution is 0.269. The molecule has 4 nitrogen and oxygen atoms in total. The second-order valence-electron chi connectivity index (χ2n) is 5.47. The van der Waals surface area contributed by atoms with E-state index in [4.69, 9.17) is 4.42 Å². The van der Waals surface area contributed by atoms with E-state index < -0.39 is 0 Å². The maximum Gasteiger partial charge on any atom is 0.336 e. The fourth-order valence-electron chi connectivity index (χ4n) is 2.70. The van der Waals surface area contributed by atoms with Crippen LogP contribution in [0.4, 0.5) is 0 Å². The summed E-state index contributed by atoms with van der Waals surface area (Å²) in [6.45, 7) is 5.64. The molecule has 1 aliphatic rings. The van der Waals surface area contributed by atoms with Gasteiger partial charge >= 0.3 is 5.63 Å². The SMILES string of the molecule is CCN(Cc1cc(=O)oc2c(C)c(O)ccc12)C1CC1. The Morgan fingerprint density at radius 3 is 2.80 bits per heavy atom. The Hall–Kier alpha value is -1.81. The van der Waals surface area contributed by atoms with Crippen molar-refractivity contribution in [1.82, 2.24) is 4.90 Å². The molecule has 106 valence electrons. The fourth-order valence-corrected chi connectivity index (χ4v) is 2.70. The van der Waals surface area contributed by atoms with Gasteiger partial charge in [0.2, 0.25) is 0 Å². The summed E-state index contributed by atoms with van der Waals surface area (Å²) in [6, 6.07) is 5.72. The molecule has 3 rings (SSSR count). The Bertz CT molecular complexity index is 701. The van der Waals surface area contributed by atoms with Crippen molar-refractivity contribution in [3.8, 4) is 5.75 Å². The van der Waals surface area contributed by atoms with Crippen molar-refractivity contribution < 1.29 is 9.52 Å². The van der Waals surface area contributed by atoms with Crippen molar-refractivity contribution in [2.45, 2.75) is 39.3 Å². The predicted molar refractivity (Wildman–Crippen MR) is 78.0 cm³/mol. The van der Waals surface area contributed by atoms with E-state index in [-0.39, 0.29) is 11.4 Å². The van der Waals surface area contributed by atoms with Crippen molar-refractivity contribution in [2.75, 3.05) is 6.54 Å². The zero-order chi connectivity index (χ0) is 14.3. The largest absolute Gasteiger partial charge is 0.508 e. The second kappa shape index (κ2) is 4.94. The van der Waals surface area contributed by atoms with Gasteiger partial charge in [-0.3, -0.25) is 4.90 Å². The first-order chi connectivity index (χ1) is 9.60. The topological polar surface area (TPSA) is 53.7 Å². The van der Waals surface area contributed by atoms with E-state index in [9.17, 15) is 9.90 Å². The third-order valence-corrected chi connectivity index (χ3v) is 4.06. The Morgan fingerprint density at radius 1 is 1.40 bits per heavy atom. The van der Waals surface area contributed by atoms with E-state index >= 15 is 0 Å². The van der Waals surface area contributed by atoms with E-state index in [1.165, 1.54) is 12.8 Å². The van der Waals surface area contributed by atoms with Crippen molar-refractivity contribution in [2.24, 2.45) is 0 Å². The average molecular weight is 273 g/mol. The number of hydrogen-bond acceptors (Lipinski definition) is 4. The molecule has 1 N–H and O–H groups in total. The van der Waals surface area contributed by atoms with Gasteiger partial charge in [-0.2, -0.15) is 0 Å². The summed E-state index contributed by atoms with van der Waals surface area (Å²) in [6.07, 6.45) is 2.49. The third-order valence-electron chi connectivity index (χ3n) is 4.06. The Labute approximate surface area is 117 Å². The normalized spacial score (nSPS) is 15.2. The van der Waals surface area contributed by atoms with E-state index in [0.29, 0.717) is 17.2 Å². The van der Waals surface area contributed by atoms with Gasteiger partial charge in [0.1, 0.15) is 11.3 Å². The van der Waals surface area contributed by atoms with Gasteiger partial charge < -0.3 is 9.52 Å². The molecule has 0 aliphatic heterocycles. The number of rotatable bonds is 4. The summed E-state index contributed by atoms with van der Waals surface area (Å²) in [7, 11) is 0. The van der Waals surface area contributed by atoms with Gasteiger partial charge in [-0.25, -0.2) is 4.79 Å². The molecule has 0 unspecified atom stereocenters. The van der Waals surface area contributed by atoms with E-state index in [1.807, 2.05) is 6.07 Å². The van der Waals surface area contributed by atoms with Crippen LogP contribution in [0.25, 0.3) is 11.0 Å². The lowest BCUT2D eigenvalue weighted by Gasteiger charge is -2.20. The summed E-state index contributed by atoms with van der Waals surface area (Å²) < 4.78 is 5.27. The molecule has 0 atom stereocenters. The summed E-state index contributed by atoms with van der Waals surface area (Å²) in [5.41, 5.74) is 1.75. The zero-order valence-corrected chi connectivity index (χ0v) is 11.8. The van der Waals surface area contributed by atoms with E-state index in [1.54, 1.807) is 19.1 Å². The highest BCUT2D eigenvalue weighted by atomic mass is 16.4. The number of benzene rings is 1. The minimum atomic E-state index is -0.354. The Morgan fingerprint density at radius 2 is 2.15 bits per heavy atom. The molecule has 0 bridgehead atoms.